The van der Waals surface area contributed by atoms with Gasteiger partial charge in [-0.05, 0) is 54.6 Å². The third-order valence-electron chi connectivity index (χ3n) is 6.74. The van der Waals surface area contributed by atoms with Crippen molar-refractivity contribution in [3.05, 3.63) is 82.2 Å². The molecule has 230 valence electrons. The molecule has 0 aliphatic carbocycles. The summed E-state index contributed by atoms with van der Waals surface area (Å²) in [6.45, 7) is 3.94. The molecule has 1 fully saturated rings. The summed E-state index contributed by atoms with van der Waals surface area (Å²) in [5.41, 5.74) is 3.94. The first kappa shape index (κ1) is 31.5. The summed E-state index contributed by atoms with van der Waals surface area (Å²) in [4.78, 5) is 36.7. The summed E-state index contributed by atoms with van der Waals surface area (Å²) in [6, 6.07) is 21.3. The zero-order chi connectivity index (χ0) is 31.1. The molecular weight excluding hydrogens is 599 g/mol. The molecule has 10 nitrogen and oxygen atoms in total. The summed E-state index contributed by atoms with van der Waals surface area (Å²) in [6.07, 6.45) is 0. The standard InChI is InChI=1S/C32H35N5O5S2/c1-5-33-24-13-11-22(34-28(38)20-41-4)17-25(24)35-32-37(19-21-9-7-6-8-10-21)30(39)29(44-32)31-36(2)26-18-23(42-16-15-40-3)12-14-27(26)43-31/h6-14,17-18,33H,5,15-16,19-20H2,1-4H3,(H,34,38)/b31-29-,35-32?. The highest BCUT2D eigenvalue weighted by Gasteiger charge is 2.39. The number of carbonyl (C=O) groups excluding carboxylic acids is 2. The highest BCUT2D eigenvalue weighted by Crippen LogP contribution is 2.51. The van der Waals surface area contributed by atoms with E-state index < -0.39 is 0 Å². The summed E-state index contributed by atoms with van der Waals surface area (Å²) < 4.78 is 15.9. The Labute approximate surface area is 265 Å². The number of rotatable bonds is 12. The Bertz CT molecular complexity index is 1580. The van der Waals surface area contributed by atoms with Crippen LogP contribution >= 0.6 is 23.5 Å². The van der Waals surface area contributed by atoms with Crippen LogP contribution in [0.1, 0.15) is 12.5 Å². The maximum atomic E-state index is 14.1. The van der Waals surface area contributed by atoms with Crippen LogP contribution in [-0.4, -0.2) is 69.5 Å². The third kappa shape index (κ3) is 7.21. The van der Waals surface area contributed by atoms with Gasteiger partial charge >= 0.3 is 0 Å². The molecular formula is C32H35N5O5S2. The monoisotopic (exact) mass is 633 g/mol. The van der Waals surface area contributed by atoms with E-state index in [0.717, 1.165) is 32.6 Å². The number of amides is 2. The fourth-order valence-electron chi connectivity index (χ4n) is 4.66. The predicted octanol–water partition coefficient (Wildman–Crippen LogP) is 5.90. The lowest BCUT2D eigenvalue weighted by Gasteiger charge is -2.17. The molecule has 1 saturated heterocycles. The number of carbonyl (C=O) groups is 2. The Morgan fingerprint density at radius 3 is 2.55 bits per heavy atom. The minimum Gasteiger partial charge on any atom is -0.491 e. The molecule has 0 spiro atoms. The minimum absolute atomic E-state index is 0.0563. The van der Waals surface area contributed by atoms with Crippen molar-refractivity contribution in [1.82, 2.24) is 4.90 Å². The van der Waals surface area contributed by atoms with Crippen molar-refractivity contribution in [3.8, 4) is 5.75 Å². The van der Waals surface area contributed by atoms with Crippen LogP contribution < -0.4 is 20.3 Å². The Hall–Kier alpha value is -3.97. The van der Waals surface area contributed by atoms with Crippen molar-refractivity contribution in [1.29, 1.82) is 0 Å². The van der Waals surface area contributed by atoms with Crippen LogP contribution in [0.2, 0.25) is 0 Å². The Balaban J connectivity index is 1.52. The number of nitrogens with zero attached hydrogens (tertiary/aromatic N) is 3. The number of benzene rings is 3. The molecule has 12 heteroatoms. The highest BCUT2D eigenvalue weighted by molar-refractivity contribution is 8.19. The van der Waals surface area contributed by atoms with Gasteiger partial charge in [0.15, 0.2) is 5.17 Å². The van der Waals surface area contributed by atoms with Gasteiger partial charge in [0.1, 0.15) is 23.9 Å². The number of methoxy groups -OCH3 is 2. The summed E-state index contributed by atoms with van der Waals surface area (Å²) in [5.74, 6) is 0.357. The van der Waals surface area contributed by atoms with Crippen molar-refractivity contribution in [3.63, 3.8) is 0 Å². The van der Waals surface area contributed by atoms with Gasteiger partial charge in [-0.2, -0.15) is 0 Å². The number of thioether (sulfide) groups is 2. The molecule has 0 radical (unpaired) electrons. The smallest absolute Gasteiger partial charge is 0.269 e. The Morgan fingerprint density at radius 2 is 1.80 bits per heavy atom. The second kappa shape index (κ2) is 14.7. The van der Waals surface area contributed by atoms with Crippen LogP contribution in [0.4, 0.5) is 22.7 Å². The van der Waals surface area contributed by atoms with E-state index in [9.17, 15) is 9.59 Å². The van der Waals surface area contributed by atoms with E-state index >= 15 is 0 Å². The van der Waals surface area contributed by atoms with Gasteiger partial charge in [-0.25, -0.2) is 4.99 Å². The van der Waals surface area contributed by atoms with E-state index in [4.69, 9.17) is 19.2 Å². The molecule has 2 aliphatic heterocycles. The number of hydrogen-bond donors (Lipinski definition) is 2. The molecule has 2 heterocycles. The third-order valence-corrected chi connectivity index (χ3v) is 9.17. The van der Waals surface area contributed by atoms with Crippen LogP contribution in [0.15, 0.2) is 86.6 Å². The number of ether oxygens (including phenoxy) is 3. The molecule has 5 rings (SSSR count). The van der Waals surface area contributed by atoms with E-state index in [2.05, 4.69) is 10.6 Å². The molecule has 3 aromatic rings. The van der Waals surface area contributed by atoms with Gasteiger partial charge in [-0.1, -0.05) is 42.1 Å². The Kier molecular flexibility index (Phi) is 10.5. The second-order valence-electron chi connectivity index (χ2n) is 9.88. The maximum Gasteiger partial charge on any atom is 0.269 e. The molecule has 0 bridgehead atoms. The number of nitrogens with one attached hydrogen (secondary N) is 2. The Morgan fingerprint density at radius 1 is 0.977 bits per heavy atom. The lowest BCUT2D eigenvalue weighted by atomic mass is 10.2. The molecule has 2 amide bonds. The molecule has 2 aliphatic rings. The van der Waals surface area contributed by atoms with Crippen LogP contribution in [0, 0.1) is 0 Å². The number of anilines is 3. The van der Waals surface area contributed by atoms with Gasteiger partial charge < -0.3 is 29.7 Å². The molecule has 0 atom stereocenters. The predicted molar refractivity (Wildman–Crippen MR) is 178 cm³/mol. The zero-order valence-corrected chi connectivity index (χ0v) is 26.7. The first-order valence-corrected chi connectivity index (χ1v) is 15.8. The summed E-state index contributed by atoms with van der Waals surface area (Å²) in [5, 5.41) is 7.56. The molecule has 3 aromatic carbocycles. The van der Waals surface area contributed by atoms with Crippen LogP contribution in [0.25, 0.3) is 0 Å². The van der Waals surface area contributed by atoms with E-state index in [1.165, 1.54) is 18.9 Å². The molecule has 2 N–H and O–H groups in total. The molecule has 0 aromatic heterocycles. The quantitative estimate of drug-likeness (QED) is 0.186. The van der Waals surface area contributed by atoms with Gasteiger partial charge in [-0.3, -0.25) is 14.5 Å². The van der Waals surface area contributed by atoms with Gasteiger partial charge in [0.2, 0.25) is 5.91 Å². The average Bonchev–Trinajstić information content (AvgIpc) is 3.50. The largest absolute Gasteiger partial charge is 0.491 e. The first-order chi connectivity index (χ1) is 21.4. The number of hydrogen-bond acceptors (Lipinski definition) is 10. The van der Waals surface area contributed by atoms with Crippen LogP contribution in [0.5, 0.6) is 5.75 Å². The molecule has 0 saturated carbocycles. The van der Waals surface area contributed by atoms with Crippen molar-refractivity contribution in [2.24, 2.45) is 4.99 Å². The van der Waals surface area contributed by atoms with E-state index in [1.807, 2.05) is 79.5 Å². The topological polar surface area (TPSA) is 105 Å². The zero-order valence-electron chi connectivity index (χ0n) is 25.1. The minimum atomic E-state index is -0.265. The van der Waals surface area contributed by atoms with Gasteiger partial charge in [-0.15, -0.1) is 0 Å². The fraction of sp³-hybridized carbons (Fsp3) is 0.281. The van der Waals surface area contributed by atoms with Gasteiger partial charge in [0.25, 0.3) is 5.91 Å². The highest BCUT2D eigenvalue weighted by atomic mass is 32.2. The van der Waals surface area contributed by atoms with E-state index in [1.54, 1.807) is 29.8 Å². The molecule has 44 heavy (non-hydrogen) atoms. The summed E-state index contributed by atoms with van der Waals surface area (Å²) in [7, 11) is 5.07. The second-order valence-corrected chi connectivity index (χ2v) is 11.9. The maximum absolute atomic E-state index is 14.1. The summed E-state index contributed by atoms with van der Waals surface area (Å²) >= 11 is 2.90. The first-order valence-electron chi connectivity index (χ1n) is 14.1. The fourth-order valence-corrected chi connectivity index (χ4v) is 6.97. The normalized spacial score (nSPS) is 16.9. The molecule has 0 unspecified atom stereocenters. The van der Waals surface area contributed by atoms with Gasteiger partial charge in [0.05, 0.1) is 35.2 Å². The van der Waals surface area contributed by atoms with Crippen LogP contribution in [-0.2, 0) is 25.6 Å². The lowest BCUT2D eigenvalue weighted by molar-refractivity contribution is -0.122. The van der Waals surface area contributed by atoms with Crippen molar-refractivity contribution < 1.29 is 23.8 Å². The van der Waals surface area contributed by atoms with Crippen molar-refractivity contribution >= 4 is 63.3 Å². The average molecular weight is 634 g/mol. The lowest BCUT2D eigenvalue weighted by Crippen LogP contribution is -2.29. The van der Waals surface area contributed by atoms with Crippen molar-refractivity contribution in [2.45, 2.75) is 18.4 Å². The van der Waals surface area contributed by atoms with Crippen molar-refractivity contribution in [2.75, 3.05) is 63.2 Å². The SMILES string of the molecule is CCNc1ccc(NC(=O)COC)cc1N=C1S/C(=C2\Sc3ccc(OCCOC)cc3N2C)C(=O)N1Cc1ccccc1. The number of fused-ring (bicyclic) bond motifs is 1. The van der Waals surface area contributed by atoms with Gasteiger partial charge in [0, 0.05) is 44.5 Å². The van der Waals surface area contributed by atoms with E-state index in [0.29, 0.717) is 47.8 Å². The number of aliphatic imine (C=N–C) groups is 1. The van der Waals surface area contributed by atoms with E-state index in [-0.39, 0.29) is 18.4 Å². The number of amidine groups is 1. The van der Waals surface area contributed by atoms with Crippen LogP contribution in [0.3, 0.4) is 0 Å².